The molecule has 1 unspecified atom stereocenters. The number of alkyl halides is 2. The summed E-state index contributed by atoms with van der Waals surface area (Å²) in [5.74, 6) is -1.01. The number of hydrogen-bond donors (Lipinski definition) is 3. The van der Waals surface area contributed by atoms with Gasteiger partial charge in [0.1, 0.15) is 23.5 Å². The highest BCUT2D eigenvalue weighted by Gasteiger charge is 2.29. The van der Waals surface area contributed by atoms with Gasteiger partial charge in [0, 0.05) is 32.0 Å². The van der Waals surface area contributed by atoms with Crippen LogP contribution in [0, 0.1) is 11.6 Å². The summed E-state index contributed by atoms with van der Waals surface area (Å²) in [7, 11) is 0. The number of halogens is 4. The van der Waals surface area contributed by atoms with E-state index < -0.39 is 36.3 Å². The van der Waals surface area contributed by atoms with Gasteiger partial charge in [-0.2, -0.15) is 0 Å². The first-order chi connectivity index (χ1) is 17.0. The minimum absolute atomic E-state index is 0.0326. The lowest BCUT2D eigenvalue weighted by Crippen LogP contribution is -2.39. The van der Waals surface area contributed by atoms with Crippen LogP contribution in [-0.4, -0.2) is 62.9 Å². The fourth-order valence-corrected chi connectivity index (χ4v) is 3.93. The van der Waals surface area contributed by atoms with Gasteiger partial charge in [0.15, 0.2) is 23.2 Å². The molecule has 1 fully saturated rings. The number of pyridine rings is 1. The molecule has 0 saturated carbocycles. The number of piperidine rings is 1. The maximum atomic E-state index is 13.9. The van der Waals surface area contributed by atoms with Crippen LogP contribution in [-0.2, 0) is 0 Å². The Labute approximate surface area is 205 Å². The molecule has 0 radical (unpaired) electrons. The highest BCUT2D eigenvalue weighted by molar-refractivity contribution is 5.80. The van der Waals surface area contributed by atoms with Crippen LogP contribution in [0.15, 0.2) is 30.5 Å². The number of nitrogens with one attached hydrogen (secondary N) is 1. The van der Waals surface area contributed by atoms with Crippen LogP contribution in [0.2, 0.25) is 0 Å². The first-order valence-electron chi connectivity index (χ1n) is 11.5. The van der Waals surface area contributed by atoms with E-state index in [9.17, 15) is 27.8 Å². The number of aromatic nitrogens is 3. The van der Waals surface area contributed by atoms with Crippen LogP contribution in [0.4, 0.5) is 29.2 Å². The van der Waals surface area contributed by atoms with Crippen molar-refractivity contribution in [1.82, 2.24) is 15.0 Å². The summed E-state index contributed by atoms with van der Waals surface area (Å²) in [6, 6.07) is 4.59. The molecule has 3 aromatic rings. The van der Waals surface area contributed by atoms with E-state index in [4.69, 9.17) is 4.74 Å². The van der Waals surface area contributed by atoms with Gasteiger partial charge in [0.05, 0.1) is 29.6 Å². The Morgan fingerprint density at radius 1 is 1.14 bits per heavy atom. The van der Waals surface area contributed by atoms with Crippen LogP contribution in [0.3, 0.4) is 0 Å². The fraction of sp³-hybridized carbons (Fsp3) is 0.458. The van der Waals surface area contributed by atoms with Crippen molar-refractivity contribution in [3.8, 4) is 5.75 Å². The molecular formula is C24H27F4N5O3. The number of rotatable bonds is 8. The van der Waals surface area contributed by atoms with Gasteiger partial charge in [-0.15, -0.1) is 0 Å². The van der Waals surface area contributed by atoms with E-state index in [-0.39, 0.29) is 23.4 Å². The van der Waals surface area contributed by atoms with Crippen LogP contribution in [0.1, 0.15) is 38.5 Å². The summed E-state index contributed by atoms with van der Waals surface area (Å²) in [5.41, 5.74) is -0.587. The number of benzene rings is 1. The van der Waals surface area contributed by atoms with E-state index in [0.717, 1.165) is 12.1 Å². The molecule has 0 bridgehead atoms. The second kappa shape index (κ2) is 10.4. The van der Waals surface area contributed by atoms with E-state index in [2.05, 4.69) is 20.3 Å². The molecule has 3 N–H and O–H groups in total. The van der Waals surface area contributed by atoms with Crippen LogP contribution in [0.25, 0.3) is 11.0 Å². The molecule has 1 aliphatic rings. The van der Waals surface area contributed by atoms with Crippen LogP contribution < -0.4 is 15.0 Å². The molecule has 36 heavy (non-hydrogen) atoms. The molecule has 12 heteroatoms. The van der Waals surface area contributed by atoms with E-state index in [0.29, 0.717) is 42.8 Å². The third-order valence-corrected chi connectivity index (χ3v) is 5.86. The van der Waals surface area contributed by atoms with Crippen molar-refractivity contribution in [2.24, 2.45) is 0 Å². The summed E-state index contributed by atoms with van der Waals surface area (Å²) < 4.78 is 58.7. The minimum atomic E-state index is -2.62. The molecule has 1 aromatic carbocycles. The molecule has 0 spiro atoms. The largest absolute Gasteiger partial charge is 0.487 e. The average molecular weight is 510 g/mol. The first-order valence-corrected chi connectivity index (χ1v) is 11.5. The van der Waals surface area contributed by atoms with Crippen molar-refractivity contribution >= 4 is 22.7 Å². The average Bonchev–Trinajstić information content (AvgIpc) is 2.83. The van der Waals surface area contributed by atoms with Gasteiger partial charge in [0.2, 0.25) is 0 Å². The highest BCUT2D eigenvalue weighted by Crippen LogP contribution is 2.31. The molecule has 3 heterocycles. The van der Waals surface area contributed by atoms with Crippen molar-refractivity contribution in [2.45, 2.75) is 50.9 Å². The molecule has 1 atom stereocenters. The lowest BCUT2D eigenvalue weighted by Gasteiger charge is -2.33. The van der Waals surface area contributed by atoms with Gasteiger partial charge in [-0.05, 0) is 32.0 Å². The molecule has 1 saturated heterocycles. The normalized spacial score (nSPS) is 16.0. The van der Waals surface area contributed by atoms with Gasteiger partial charge < -0.3 is 25.2 Å². The number of fused-ring (bicyclic) bond motifs is 1. The Kier molecular flexibility index (Phi) is 7.46. The molecule has 4 rings (SSSR count). The number of anilines is 2. The quantitative estimate of drug-likeness (QED) is 0.394. The Morgan fingerprint density at radius 2 is 1.86 bits per heavy atom. The lowest BCUT2D eigenvalue weighted by molar-refractivity contribution is -0.0516. The van der Waals surface area contributed by atoms with Crippen molar-refractivity contribution in [2.75, 3.05) is 29.9 Å². The van der Waals surface area contributed by atoms with E-state index in [1.54, 1.807) is 0 Å². The second-order valence-electron chi connectivity index (χ2n) is 9.20. The van der Waals surface area contributed by atoms with Crippen molar-refractivity contribution < 1.29 is 32.5 Å². The van der Waals surface area contributed by atoms with Gasteiger partial charge in [-0.3, -0.25) is 4.98 Å². The van der Waals surface area contributed by atoms with Gasteiger partial charge in [0.25, 0.3) is 6.43 Å². The predicted octanol–water partition coefficient (Wildman–Crippen LogP) is 3.83. The highest BCUT2D eigenvalue weighted by atomic mass is 19.3. The van der Waals surface area contributed by atoms with Crippen LogP contribution in [0.5, 0.6) is 5.75 Å². The lowest BCUT2D eigenvalue weighted by atomic mass is 9.98. The third-order valence-electron chi connectivity index (χ3n) is 5.86. The standard InChI is InChI=1S/C24H27F4N5O3/c1-24(2,35)21(34)17-10-16-18(11-29-17)32-23(22(31-16)30-12-20(27)28)33-7-5-14(6-8-33)36-19-4-3-13(25)9-15(19)26/h3-4,9-11,14,20-21,34-35H,5-8,12H2,1-2H3,(H,30,31). The van der Waals surface area contributed by atoms with Gasteiger partial charge in [-0.1, -0.05) is 0 Å². The summed E-state index contributed by atoms with van der Waals surface area (Å²) >= 11 is 0. The third kappa shape index (κ3) is 5.93. The van der Waals surface area contributed by atoms with E-state index in [1.807, 2.05) is 4.90 Å². The summed E-state index contributed by atoms with van der Waals surface area (Å²) in [4.78, 5) is 15.1. The Morgan fingerprint density at radius 3 is 2.50 bits per heavy atom. The molecule has 2 aromatic heterocycles. The second-order valence-corrected chi connectivity index (χ2v) is 9.20. The smallest absolute Gasteiger partial charge is 0.255 e. The number of aliphatic hydroxyl groups excluding tert-OH is 1. The Balaban J connectivity index is 1.56. The van der Waals surface area contributed by atoms with E-state index >= 15 is 0 Å². The first kappa shape index (κ1) is 25.8. The molecule has 1 aliphatic heterocycles. The van der Waals surface area contributed by atoms with Gasteiger partial charge >= 0.3 is 0 Å². The Hall–Kier alpha value is -3.25. The summed E-state index contributed by atoms with van der Waals surface area (Å²) in [6.45, 7) is 3.10. The SMILES string of the molecule is CC(C)(O)C(O)c1cc2nc(NCC(F)F)c(N3CCC(Oc4ccc(F)cc4F)CC3)nc2cn1. The zero-order chi connectivity index (χ0) is 26.0. The van der Waals surface area contributed by atoms with Crippen molar-refractivity contribution in [3.05, 3.63) is 47.8 Å². The monoisotopic (exact) mass is 509 g/mol. The molecular weight excluding hydrogens is 482 g/mol. The topological polar surface area (TPSA) is 104 Å². The minimum Gasteiger partial charge on any atom is -0.487 e. The van der Waals surface area contributed by atoms with Crippen molar-refractivity contribution in [1.29, 1.82) is 0 Å². The summed E-state index contributed by atoms with van der Waals surface area (Å²) in [5, 5.41) is 23.1. The summed E-state index contributed by atoms with van der Waals surface area (Å²) in [6.07, 6.45) is -1.85. The molecule has 194 valence electrons. The number of nitrogens with zero attached hydrogens (tertiary/aromatic N) is 4. The van der Waals surface area contributed by atoms with Gasteiger partial charge in [-0.25, -0.2) is 27.5 Å². The van der Waals surface area contributed by atoms with E-state index in [1.165, 1.54) is 32.2 Å². The van der Waals surface area contributed by atoms with Crippen LogP contribution >= 0.6 is 0 Å². The molecule has 0 aliphatic carbocycles. The molecule has 0 amide bonds. The Bertz CT molecular complexity index is 1220. The maximum Gasteiger partial charge on any atom is 0.255 e. The zero-order valence-corrected chi connectivity index (χ0v) is 19.8. The maximum absolute atomic E-state index is 13.9. The zero-order valence-electron chi connectivity index (χ0n) is 19.8. The number of ether oxygens (including phenoxy) is 1. The number of hydrogen-bond acceptors (Lipinski definition) is 8. The van der Waals surface area contributed by atoms with Crippen molar-refractivity contribution in [3.63, 3.8) is 0 Å². The molecule has 8 nitrogen and oxygen atoms in total. The number of aliphatic hydroxyl groups is 2. The predicted molar refractivity (Wildman–Crippen MR) is 125 cm³/mol. The fourth-order valence-electron chi connectivity index (χ4n) is 3.93.